The van der Waals surface area contributed by atoms with Crippen LogP contribution in [0.15, 0.2) is 51.8 Å². The number of carbonyl (C=O) groups excluding carboxylic acids is 2. The van der Waals surface area contributed by atoms with Crippen molar-refractivity contribution in [2.24, 2.45) is 0 Å². The maximum Gasteiger partial charge on any atom is 0.244 e. The normalized spacial score (nSPS) is 14.2. The van der Waals surface area contributed by atoms with Crippen LogP contribution >= 0.6 is 11.8 Å². The monoisotopic (exact) mass is 395 g/mol. The number of carbonyl (C=O) groups is 2. The van der Waals surface area contributed by atoms with E-state index in [9.17, 15) is 9.59 Å². The number of oxazole rings is 1. The van der Waals surface area contributed by atoms with Gasteiger partial charge >= 0.3 is 0 Å². The Morgan fingerprint density at radius 3 is 2.82 bits per heavy atom. The second-order valence-electron chi connectivity index (χ2n) is 7.74. The molecule has 6 nitrogen and oxygen atoms in total. The van der Waals surface area contributed by atoms with E-state index in [-0.39, 0.29) is 23.8 Å². The van der Waals surface area contributed by atoms with Crippen LogP contribution < -0.4 is 10.2 Å². The SMILES string of the molecule is CC(C)(C)c1nc2cc(NC(=O)CN3C(=O)CSc4ccccc43)ccc2o1. The molecule has 0 radical (unpaired) electrons. The van der Waals surface area contributed by atoms with Gasteiger partial charge in [0, 0.05) is 16.0 Å². The lowest BCUT2D eigenvalue weighted by atomic mass is 9.97. The maximum atomic E-state index is 12.6. The Hall–Kier alpha value is -2.80. The number of nitrogens with zero attached hydrogens (tertiary/aromatic N) is 2. The first kappa shape index (κ1) is 18.6. The van der Waals surface area contributed by atoms with Crippen molar-refractivity contribution in [1.82, 2.24) is 4.98 Å². The minimum Gasteiger partial charge on any atom is -0.440 e. The van der Waals surface area contributed by atoms with Crippen LogP contribution in [0.2, 0.25) is 0 Å². The molecule has 144 valence electrons. The fourth-order valence-corrected chi connectivity index (χ4v) is 3.93. The van der Waals surface area contributed by atoms with Gasteiger partial charge in [0.2, 0.25) is 17.7 Å². The van der Waals surface area contributed by atoms with Crippen molar-refractivity contribution in [3.63, 3.8) is 0 Å². The molecule has 4 rings (SSSR count). The first-order chi connectivity index (χ1) is 13.3. The van der Waals surface area contributed by atoms with Crippen molar-refractivity contribution in [2.75, 3.05) is 22.5 Å². The largest absolute Gasteiger partial charge is 0.440 e. The van der Waals surface area contributed by atoms with Gasteiger partial charge in [0.25, 0.3) is 0 Å². The summed E-state index contributed by atoms with van der Waals surface area (Å²) in [6.07, 6.45) is 0. The van der Waals surface area contributed by atoms with Gasteiger partial charge < -0.3 is 14.6 Å². The Kier molecular flexibility index (Phi) is 4.63. The summed E-state index contributed by atoms with van der Waals surface area (Å²) < 4.78 is 5.79. The van der Waals surface area contributed by atoms with Gasteiger partial charge in [0.1, 0.15) is 12.1 Å². The predicted octanol–water partition coefficient (Wildman–Crippen LogP) is 4.20. The topological polar surface area (TPSA) is 75.4 Å². The van der Waals surface area contributed by atoms with Crippen molar-refractivity contribution in [1.29, 1.82) is 0 Å². The summed E-state index contributed by atoms with van der Waals surface area (Å²) >= 11 is 1.50. The highest BCUT2D eigenvalue weighted by molar-refractivity contribution is 8.00. The van der Waals surface area contributed by atoms with Crippen LogP contribution in [-0.4, -0.2) is 29.1 Å². The van der Waals surface area contributed by atoms with Gasteiger partial charge in [-0.25, -0.2) is 4.98 Å². The van der Waals surface area contributed by atoms with Crippen molar-refractivity contribution >= 4 is 46.1 Å². The molecule has 0 saturated carbocycles. The number of fused-ring (bicyclic) bond motifs is 2. The van der Waals surface area contributed by atoms with E-state index in [4.69, 9.17) is 4.42 Å². The molecule has 28 heavy (non-hydrogen) atoms. The van der Waals surface area contributed by atoms with Crippen molar-refractivity contribution in [3.05, 3.63) is 48.4 Å². The number of para-hydroxylation sites is 1. The Bertz CT molecular complexity index is 1070. The summed E-state index contributed by atoms with van der Waals surface area (Å²) in [6, 6.07) is 13.0. The standard InChI is InChI=1S/C21H21N3O3S/c1-21(2,3)20-23-14-10-13(8-9-16(14)27-20)22-18(25)11-24-15-6-4-5-7-17(15)28-12-19(24)26/h4-10H,11-12H2,1-3H3,(H,22,25). The summed E-state index contributed by atoms with van der Waals surface area (Å²) in [5, 5.41) is 2.86. The molecule has 0 spiro atoms. The zero-order chi connectivity index (χ0) is 19.9. The van der Waals surface area contributed by atoms with E-state index in [2.05, 4.69) is 10.3 Å². The molecular weight excluding hydrogens is 374 g/mol. The lowest BCUT2D eigenvalue weighted by Gasteiger charge is -2.28. The molecule has 7 heteroatoms. The molecule has 0 unspecified atom stereocenters. The highest BCUT2D eigenvalue weighted by Crippen LogP contribution is 2.34. The highest BCUT2D eigenvalue weighted by atomic mass is 32.2. The van der Waals surface area contributed by atoms with E-state index in [0.29, 0.717) is 28.4 Å². The predicted molar refractivity (Wildman–Crippen MR) is 111 cm³/mol. The van der Waals surface area contributed by atoms with Crippen molar-refractivity contribution in [3.8, 4) is 0 Å². The number of nitrogens with one attached hydrogen (secondary N) is 1. The molecule has 0 saturated heterocycles. The van der Waals surface area contributed by atoms with E-state index in [1.807, 2.05) is 45.0 Å². The van der Waals surface area contributed by atoms with Crippen LogP contribution in [0.1, 0.15) is 26.7 Å². The molecule has 2 amide bonds. The first-order valence-electron chi connectivity index (χ1n) is 9.04. The number of hydrogen-bond acceptors (Lipinski definition) is 5. The summed E-state index contributed by atoms with van der Waals surface area (Å²) in [5.41, 5.74) is 2.58. The smallest absolute Gasteiger partial charge is 0.244 e. The molecular formula is C21H21N3O3S. The Labute approximate surface area is 167 Å². The first-order valence-corrected chi connectivity index (χ1v) is 10.0. The molecule has 1 aliphatic rings. The molecule has 3 aromatic rings. The molecule has 0 bridgehead atoms. The average molecular weight is 395 g/mol. The van der Waals surface area contributed by atoms with Crippen LogP contribution in [0.3, 0.4) is 0 Å². The van der Waals surface area contributed by atoms with Gasteiger partial charge in [-0.2, -0.15) is 0 Å². The van der Waals surface area contributed by atoms with Gasteiger partial charge in [-0.3, -0.25) is 9.59 Å². The third-order valence-electron chi connectivity index (χ3n) is 4.42. The van der Waals surface area contributed by atoms with E-state index < -0.39 is 0 Å². The Morgan fingerprint density at radius 2 is 2.04 bits per heavy atom. The number of aromatic nitrogens is 1. The third-order valence-corrected chi connectivity index (χ3v) is 5.47. The fourth-order valence-electron chi connectivity index (χ4n) is 3.00. The third kappa shape index (κ3) is 3.62. The second-order valence-corrected chi connectivity index (χ2v) is 8.75. The molecule has 0 atom stereocenters. The molecule has 1 N–H and O–H groups in total. The Balaban J connectivity index is 1.52. The summed E-state index contributed by atoms with van der Waals surface area (Å²) in [5.74, 6) is 0.665. The molecule has 1 aromatic heterocycles. The maximum absolute atomic E-state index is 12.6. The zero-order valence-corrected chi connectivity index (χ0v) is 16.8. The van der Waals surface area contributed by atoms with Gasteiger partial charge in [0.15, 0.2) is 5.58 Å². The number of anilines is 2. The lowest BCUT2D eigenvalue weighted by Crippen LogP contribution is -2.41. The molecule has 1 aliphatic heterocycles. The van der Waals surface area contributed by atoms with E-state index in [1.54, 1.807) is 18.2 Å². The van der Waals surface area contributed by atoms with Crippen LogP contribution in [0.5, 0.6) is 0 Å². The lowest BCUT2D eigenvalue weighted by molar-refractivity contribution is -0.120. The number of benzene rings is 2. The summed E-state index contributed by atoms with van der Waals surface area (Å²) in [6.45, 7) is 6.07. The number of amides is 2. The van der Waals surface area contributed by atoms with Crippen LogP contribution in [-0.2, 0) is 15.0 Å². The van der Waals surface area contributed by atoms with Crippen LogP contribution in [0.4, 0.5) is 11.4 Å². The van der Waals surface area contributed by atoms with Gasteiger partial charge in [-0.1, -0.05) is 32.9 Å². The van der Waals surface area contributed by atoms with E-state index >= 15 is 0 Å². The number of hydrogen-bond donors (Lipinski definition) is 1. The number of rotatable bonds is 3. The molecule has 0 fully saturated rings. The number of thioether (sulfide) groups is 1. The van der Waals surface area contributed by atoms with Gasteiger partial charge in [-0.05, 0) is 30.3 Å². The van der Waals surface area contributed by atoms with Crippen molar-refractivity contribution in [2.45, 2.75) is 31.1 Å². The quantitative estimate of drug-likeness (QED) is 0.719. The van der Waals surface area contributed by atoms with Gasteiger partial charge in [0.05, 0.1) is 11.4 Å². The second kappa shape index (κ2) is 6.98. The van der Waals surface area contributed by atoms with Crippen LogP contribution in [0.25, 0.3) is 11.1 Å². The zero-order valence-electron chi connectivity index (χ0n) is 16.0. The Morgan fingerprint density at radius 1 is 1.25 bits per heavy atom. The highest BCUT2D eigenvalue weighted by Gasteiger charge is 2.26. The van der Waals surface area contributed by atoms with Gasteiger partial charge in [-0.15, -0.1) is 11.8 Å². The average Bonchev–Trinajstić information content (AvgIpc) is 3.08. The molecule has 0 aliphatic carbocycles. The minimum atomic E-state index is -0.256. The summed E-state index contributed by atoms with van der Waals surface area (Å²) in [7, 11) is 0. The van der Waals surface area contributed by atoms with Crippen LogP contribution in [0, 0.1) is 0 Å². The molecule has 2 heterocycles. The fraction of sp³-hybridized carbons (Fsp3) is 0.286. The minimum absolute atomic E-state index is 0.0273. The summed E-state index contributed by atoms with van der Waals surface area (Å²) in [4.78, 5) is 32.0. The van der Waals surface area contributed by atoms with E-state index in [1.165, 1.54) is 16.7 Å². The van der Waals surface area contributed by atoms with E-state index in [0.717, 1.165) is 10.6 Å². The molecule has 2 aromatic carbocycles. The van der Waals surface area contributed by atoms with Crippen molar-refractivity contribution < 1.29 is 14.0 Å².